The Morgan fingerprint density at radius 1 is 1.38 bits per heavy atom. The molecule has 1 aromatic carbocycles. The van der Waals surface area contributed by atoms with Crippen LogP contribution in [0.2, 0.25) is 10.0 Å². The topological polar surface area (TPSA) is 26.0 Å². The second-order valence-electron chi connectivity index (χ2n) is 2.55. The van der Waals surface area contributed by atoms with Gasteiger partial charge in [-0.1, -0.05) is 23.2 Å². The van der Waals surface area contributed by atoms with Crippen LogP contribution in [0.4, 0.5) is 4.39 Å². The number of halogens is 4. The van der Waals surface area contributed by atoms with Crippen LogP contribution in [-0.4, -0.2) is 0 Å². The van der Waals surface area contributed by atoms with Crippen molar-refractivity contribution in [2.24, 2.45) is 5.73 Å². The molecule has 1 rings (SSSR count). The van der Waals surface area contributed by atoms with Crippen molar-refractivity contribution in [3.05, 3.63) is 33.6 Å². The maximum absolute atomic E-state index is 13.1. The smallest absolute Gasteiger partial charge is 0.129 e. The van der Waals surface area contributed by atoms with Crippen molar-refractivity contribution in [1.29, 1.82) is 0 Å². The summed E-state index contributed by atoms with van der Waals surface area (Å²) in [6.07, 6.45) is 0. The maximum atomic E-state index is 13.1. The molecule has 0 amide bonds. The Hall–Kier alpha value is -0.0200. The molecule has 0 aliphatic carbocycles. The monoisotopic (exact) mass is 243 g/mol. The van der Waals surface area contributed by atoms with Crippen LogP contribution in [0.3, 0.4) is 0 Å². The highest BCUT2D eigenvalue weighted by Crippen LogP contribution is 2.30. The quantitative estimate of drug-likeness (QED) is 0.751. The van der Waals surface area contributed by atoms with Crippen molar-refractivity contribution < 1.29 is 4.39 Å². The summed E-state index contributed by atoms with van der Waals surface area (Å²) in [6, 6.07) is 2.22. The van der Waals surface area contributed by atoms with Crippen LogP contribution in [0.25, 0.3) is 0 Å². The number of hydrogen-bond donors (Lipinski definition) is 1. The molecule has 0 bridgehead atoms. The van der Waals surface area contributed by atoms with E-state index in [9.17, 15) is 4.39 Å². The van der Waals surface area contributed by atoms with Gasteiger partial charge in [0.25, 0.3) is 0 Å². The molecule has 0 heterocycles. The SMILES string of the molecule is C[C@@H](N)c1c(F)ccc(Cl)c1Cl.Cl. The third-order valence-corrected chi connectivity index (χ3v) is 2.35. The number of rotatable bonds is 1. The average molecular weight is 245 g/mol. The predicted molar refractivity (Wildman–Crippen MR) is 56.3 cm³/mol. The summed E-state index contributed by atoms with van der Waals surface area (Å²) >= 11 is 11.4. The van der Waals surface area contributed by atoms with Crippen LogP contribution in [0.15, 0.2) is 12.1 Å². The zero-order chi connectivity index (χ0) is 9.30. The van der Waals surface area contributed by atoms with Gasteiger partial charge in [0.05, 0.1) is 10.0 Å². The van der Waals surface area contributed by atoms with Crippen molar-refractivity contribution in [3.63, 3.8) is 0 Å². The Balaban J connectivity index is 0.00000144. The van der Waals surface area contributed by atoms with Gasteiger partial charge in [-0.3, -0.25) is 0 Å². The summed E-state index contributed by atoms with van der Waals surface area (Å²) in [6.45, 7) is 1.65. The second-order valence-corrected chi connectivity index (χ2v) is 3.33. The molecule has 0 saturated carbocycles. The van der Waals surface area contributed by atoms with Gasteiger partial charge in [0.2, 0.25) is 0 Å². The van der Waals surface area contributed by atoms with E-state index in [0.29, 0.717) is 5.02 Å². The molecule has 2 N–H and O–H groups in total. The second kappa shape index (κ2) is 5.01. The van der Waals surface area contributed by atoms with E-state index in [1.54, 1.807) is 6.92 Å². The van der Waals surface area contributed by atoms with Gasteiger partial charge in [0.1, 0.15) is 5.82 Å². The maximum Gasteiger partial charge on any atom is 0.129 e. The van der Waals surface area contributed by atoms with E-state index >= 15 is 0 Å². The standard InChI is InChI=1S/C8H8Cl2FN.ClH/c1-4(12)7-6(11)3-2-5(9)8(7)10;/h2-4H,12H2,1H3;1H/t4-;/m1./s1. The van der Waals surface area contributed by atoms with E-state index in [0.717, 1.165) is 0 Å². The summed E-state index contributed by atoms with van der Waals surface area (Å²) in [5, 5.41) is 0.525. The van der Waals surface area contributed by atoms with Crippen LogP contribution >= 0.6 is 35.6 Å². The minimum absolute atomic E-state index is 0. The fraction of sp³-hybridized carbons (Fsp3) is 0.250. The van der Waals surface area contributed by atoms with Crippen molar-refractivity contribution in [2.75, 3.05) is 0 Å². The molecule has 0 aliphatic heterocycles. The highest BCUT2D eigenvalue weighted by Gasteiger charge is 2.13. The van der Waals surface area contributed by atoms with Crippen LogP contribution in [0, 0.1) is 5.82 Å². The number of nitrogens with two attached hydrogens (primary N) is 1. The van der Waals surface area contributed by atoms with Crippen LogP contribution in [0.5, 0.6) is 0 Å². The molecule has 0 spiro atoms. The van der Waals surface area contributed by atoms with E-state index in [-0.39, 0.29) is 23.0 Å². The summed E-state index contributed by atoms with van der Waals surface area (Å²) in [4.78, 5) is 0. The molecule has 5 heteroatoms. The lowest BCUT2D eigenvalue weighted by Crippen LogP contribution is -2.08. The number of benzene rings is 1. The average Bonchev–Trinajstić information content (AvgIpc) is 1.97. The zero-order valence-corrected chi connectivity index (χ0v) is 9.18. The molecule has 0 saturated heterocycles. The van der Waals surface area contributed by atoms with Crippen molar-refractivity contribution in [1.82, 2.24) is 0 Å². The lowest BCUT2D eigenvalue weighted by Gasteiger charge is -2.10. The third-order valence-electron chi connectivity index (χ3n) is 1.53. The predicted octanol–water partition coefficient (Wildman–Crippen LogP) is 3.57. The number of hydrogen-bond acceptors (Lipinski definition) is 1. The van der Waals surface area contributed by atoms with E-state index in [4.69, 9.17) is 28.9 Å². The largest absolute Gasteiger partial charge is 0.324 e. The molecular formula is C8H9Cl3FN. The van der Waals surface area contributed by atoms with Gasteiger partial charge in [0, 0.05) is 11.6 Å². The molecule has 74 valence electrons. The molecular weight excluding hydrogens is 235 g/mol. The van der Waals surface area contributed by atoms with E-state index in [1.807, 2.05) is 0 Å². The Bertz CT molecular complexity index is 302. The van der Waals surface area contributed by atoms with Crippen LogP contribution < -0.4 is 5.73 Å². The van der Waals surface area contributed by atoms with E-state index in [1.165, 1.54) is 12.1 Å². The molecule has 0 fully saturated rings. The minimum Gasteiger partial charge on any atom is -0.324 e. The molecule has 1 aromatic rings. The van der Waals surface area contributed by atoms with E-state index < -0.39 is 11.9 Å². The van der Waals surface area contributed by atoms with Crippen molar-refractivity contribution in [2.45, 2.75) is 13.0 Å². The van der Waals surface area contributed by atoms with Crippen molar-refractivity contribution in [3.8, 4) is 0 Å². The molecule has 0 aromatic heterocycles. The van der Waals surface area contributed by atoms with Gasteiger partial charge in [-0.25, -0.2) is 4.39 Å². The molecule has 13 heavy (non-hydrogen) atoms. The summed E-state index contributed by atoms with van der Waals surface area (Å²) in [5.41, 5.74) is 5.77. The van der Waals surface area contributed by atoms with Crippen LogP contribution in [-0.2, 0) is 0 Å². The van der Waals surface area contributed by atoms with Gasteiger partial charge >= 0.3 is 0 Å². The lowest BCUT2D eigenvalue weighted by atomic mass is 10.1. The molecule has 0 aliphatic rings. The summed E-state index contributed by atoms with van der Waals surface area (Å²) in [5.74, 6) is -0.417. The van der Waals surface area contributed by atoms with Crippen LogP contribution in [0.1, 0.15) is 18.5 Å². The highest BCUT2D eigenvalue weighted by molar-refractivity contribution is 6.42. The van der Waals surface area contributed by atoms with Gasteiger partial charge in [0.15, 0.2) is 0 Å². The molecule has 1 nitrogen and oxygen atoms in total. The fourth-order valence-corrected chi connectivity index (χ4v) is 1.45. The normalized spacial score (nSPS) is 12.1. The minimum atomic E-state index is -0.448. The first-order chi connectivity index (χ1) is 5.54. The zero-order valence-electron chi connectivity index (χ0n) is 6.85. The lowest BCUT2D eigenvalue weighted by molar-refractivity contribution is 0.594. The van der Waals surface area contributed by atoms with Crippen molar-refractivity contribution >= 4 is 35.6 Å². The fourth-order valence-electron chi connectivity index (χ4n) is 0.960. The molecule has 0 unspecified atom stereocenters. The summed E-state index contributed by atoms with van der Waals surface area (Å²) in [7, 11) is 0. The van der Waals surface area contributed by atoms with Gasteiger partial charge < -0.3 is 5.73 Å². The van der Waals surface area contributed by atoms with E-state index in [2.05, 4.69) is 0 Å². The molecule has 0 radical (unpaired) electrons. The van der Waals surface area contributed by atoms with Gasteiger partial charge in [-0.05, 0) is 19.1 Å². The third kappa shape index (κ3) is 2.71. The van der Waals surface area contributed by atoms with Gasteiger partial charge in [-0.2, -0.15) is 0 Å². The molecule has 1 atom stereocenters. The Morgan fingerprint density at radius 3 is 2.31 bits per heavy atom. The Labute approximate surface area is 92.4 Å². The first kappa shape index (κ1) is 13.0. The first-order valence-electron chi connectivity index (χ1n) is 3.43. The van der Waals surface area contributed by atoms with Gasteiger partial charge in [-0.15, -0.1) is 12.4 Å². The highest BCUT2D eigenvalue weighted by atomic mass is 35.5. The Morgan fingerprint density at radius 2 is 1.92 bits per heavy atom. The first-order valence-corrected chi connectivity index (χ1v) is 4.18. The Kier molecular flexibility index (Phi) is 5.00. The summed E-state index contributed by atoms with van der Waals surface area (Å²) < 4.78 is 13.1.